The molecule has 16 rings (SSSR count). The van der Waals surface area contributed by atoms with Crippen molar-refractivity contribution in [3.05, 3.63) is 68.7 Å². The van der Waals surface area contributed by atoms with Gasteiger partial charge >= 0.3 is 18.4 Å². The number of nitrogen functional groups attached to an aromatic ring is 1. The van der Waals surface area contributed by atoms with E-state index < -0.39 is 77.3 Å². The summed E-state index contributed by atoms with van der Waals surface area (Å²) in [5, 5.41) is 26.8. The number of nitrogens with zero attached hydrogens (tertiary/aromatic N) is 10. The molecule has 18 nitrogen and oxygen atoms in total. The Morgan fingerprint density at radius 1 is 0.779 bits per heavy atom. The number of aromatic nitrogens is 4. The summed E-state index contributed by atoms with van der Waals surface area (Å²) in [6.07, 6.45) is -2.01. The second-order valence-corrected chi connectivity index (χ2v) is 28.8. The molecule has 4 N–H and O–H groups in total. The number of thiophene rings is 2. The van der Waals surface area contributed by atoms with Gasteiger partial charge in [-0.15, -0.1) is 22.7 Å². The fourth-order valence-corrected chi connectivity index (χ4v) is 18.7. The predicted octanol–water partition coefficient (Wildman–Crippen LogP) is 13.0. The lowest BCUT2D eigenvalue weighted by Crippen LogP contribution is -2.55. The fraction of sp³-hybridized carbons (Fsp3) is 0.462. The molecule has 0 radical (unpaired) electrons. The number of ether oxygens (including phenoxy) is 4. The van der Waals surface area contributed by atoms with Crippen LogP contribution in [0.3, 0.4) is 0 Å². The molecule has 2 saturated carbocycles. The van der Waals surface area contributed by atoms with Crippen molar-refractivity contribution < 1.29 is 58.9 Å². The number of fused-ring (bicyclic) bond motifs is 4. The summed E-state index contributed by atoms with van der Waals surface area (Å²) >= 11 is 16.2. The normalized spacial score (nSPS) is 25.1. The number of rotatable bonds is 15. The SMILES string of the molecule is CC(C1CC1)N1CCOc2c(Cl)c(-c3ccc(F)c4sc(NC5[C@H](F)C[C@]6(COc7nc8c9c(c(Cl)c(-c%10ccc(F)c%11sc(N)c(C#N)c%10%11)c(F)c9n7)OCCN8C7CC(NC(=O)C(F)F)C7)CCCN56)c(C#N)c34)c(F)c3nc(OC[C@@]45CCCN4C[C@H](F)C5)nc1c23. The molecule has 1 amide bonds. The highest BCUT2D eigenvalue weighted by molar-refractivity contribution is 7.23. The van der Waals surface area contributed by atoms with Crippen LogP contribution in [0.5, 0.6) is 23.5 Å². The van der Waals surface area contributed by atoms with E-state index in [9.17, 15) is 28.5 Å². The Balaban J connectivity index is 0.746. The molecule has 2 aliphatic carbocycles. The minimum Gasteiger partial charge on any atom is -0.489 e. The number of nitriles is 2. The van der Waals surface area contributed by atoms with Crippen molar-refractivity contribution in [1.82, 2.24) is 35.1 Å². The van der Waals surface area contributed by atoms with Gasteiger partial charge in [0.05, 0.1) is 65.5 Å². The molecule has 0 spiro atoms. The van der Waals surface area contributed by atoms with Crippen LogP contribution in [0.1, 0.15) is 82.3 Å². The molecule has 30 heteroatoms. The highest BCUT2D eigenvalue weighted by Crippen LogP contribution is 2.56. The second-order valence-electron chi connectivity index (χ2n) is 26.0. The first kappa shape index (κ1) is 62.1. The molecule has 10 heterocycles. The summed E-state index contributed by atoms with van der Waals surface area (Å²) in [6.45, 7) is 3.75. The lowest BCUT2D eigenvalue weighted by molar-refractivity contribution is -0.133. The van der Waals surface area contributed by atoms with Gasteiger partial charge in [0.1, 0.15) is 101 Å². The fourth-order valence-electron chi connectivity index (χ4n) is 16.0. The number of carbonyl (C=O) groups excluding carboxylic acids is 1. The van der Waals surface area contributed by atoms with E-state index in [0.29, 0.717) is 50.6 Å². The number of halogens is 10. The van der Waals surface area contributed by atoms with Crippen LogP contribution in [0.25, 0.3) is 64.2 Å². The van der Waals surface area contributed by atoms with Crippen LogP contribution in [0.4, 0.5) is 56.8 Å². The van der Waals surface area contributed by atoms with Crippen LogP contribution in [0, 0.1) is 51.8 Å². The van der Waals surface area contributed by atoms with E-state index in [1.807, 2.05) is 11.0 Å². The molecule has 95 heavy (non-hydrogen) atoms. The Bertz CT molecular complexity index is 4670. The summed E-state index contributed by atoms with van der Waals surface area (Å²) in [5.74, 6) is -3.99. The molecule has 2 unspecified atom stereocenters. The molecule has 8 aliphatic rings. The number of nitrogens with two attached hydrogens (primary N) is 1. The number of carbonyl (C=O) groups is 1. The van der Waals surface area contributed by atoms with E-state index in [-0.39, 0.29) is 189 Å². The Labute approximate surface area is 554 Å². The molecule has 4 aromatic heterocycles. The van der Waals surface area contributed by atoms with Gasteiger partial charge in [0.15, 0.2) is 23.1 Å². The molecule has 8 aromatic rings. The molecular weight excluding hydrogens is 1330 g/mol. The predicted molar refractivity (Wildman–Crippen MR) is 343 cm³/mol. The third-order valence-corrected chi connectivity index (χ3v) is 23.6. The third-order valence-electron chi connectivity index (χ3n) is 20.7. The van der Waals surface area contributed by atoms with Crippen molar-refractivity contribution >= 4 is 115 Å². The Kier molecular flexibility index (Phi) is 15.2. The maximum absolute atomic E-state index is 18.2. The maximum atomic E-state index is 18.2. The van der Waals surface area contributed by atoms with E-state index >= 15 is 22.0 Å². The standard InChI is InChI=1S/C65H57Cl2F8N13O5S2/c1-27(28-4-5-28)86-14-16-90-51-43-49(80-62(83-58(43)86)92-25-64-10-2-12-85(64)24-29(68)20-64)48(73)42(46(51)67)33-7-9-37(70)54-40(33)35(23-77)61(95-54)82-57-38(71)21-65(11-3-13-88(57)65)26-93-63-81-50-44-52(91-17-15-87(59(44)84-63)31-18-30(19-31)79-60(89)55(74)75)45(66)41(47(50)72)32-6-8-36(69)53-39(32)34(22-76)56(78)94-53/h6-9,27-31,38,55,57,82H,2-5,10-21,24-26,78H2,1H3,(H,79,89)/t27?,29-,30?,31?,38-,57?,64+,65+/m1/s1. The lowest BCUT2D eigenvalue weighted by Gasteiger charge is -2.43. The van der Waals surface area contributed by atoms with Gasteiger partial charge in [0.2, 0.25) is 0 Å². The van der Waals surface area contributed by atoms with Gasteiger partial charge < -0.3 is 45.1 Å². The Morgan fingerprint density at radius 3 is 2.01 bits per heavy atom. The first-order valence-corrected chi connectivity index (χ1v) is 33.9. The molecule has 6 fully saturated rings. The number of hydrogen-bond donors (Lipinski definition) is 3. The molecule has 4 aromatic carbocycles. The minimum atomic E-state index is -3.24. The van der Waals surface area contributed by atoms with Gasteiger partial charge in [-0.1, -0.05) is 35.3 Å². The zero-order chi connectivity index (χ0) is 65.8. The summed E-state index contributed by atoms with van der Waals surface area (Å²) in [4.78, 5) is 38.9. The monoisotopic (exact) mass is 1390 g/mol. The van der Waals surface area contributed by atoms with Crippen LogP contribution < -0.4 is 45.1 Å². The third kappa shape index (κ3) is 9.86. The zero-order valence-corrected chi connectivity index (χ0v) is 53.7. The lowest BCUT2D eigenvalue weighted by atomic mass is 9.85. The van der Waals surface area contributed by atoms with Crippen molar-refractivity contribution in [2.45, 2.75) is 125 Å². The average Bonchev–Trinajstić information content (AvgIpc) is 1.71. The van der Waals surface area contributed by atoms with Crippen LogP contribution >= 0.6 is 45.9 Å². The van der Waals surface area contributed by atoms with E-state index in [1.165, 1.54) is 12.1 Å². The molecule has 4 saturated heterocycles. The second kappa shape index (κ2) is 23.2. The summed E-state index contributed by atoms with van der Waals surface area (Å²) in [5.41, 5.74) is 3.30. The number of amides is 1. The number of nitrogens with one attached hydrogen (secondary N) is 2. The van der Waals surface area contributed by atoms with Gasteiger partial charge in [-0.25, -0.2) is 26.3 Å². The molecule has 494 valence electrons. The average molecular weight is 1390 g/mol. The Hall–Kier alpha value is -7.73. The van der Waals surface area contributed by atoms with Crippen molar-refractivity contribution in [3.63, 3.8) is 0 Å². The summed E-state index contributed by atoms with van der Waals surface area (Å²) in [7, 11) is 0. The van der Waals surface area contributed by atoms with Crippen LogP contribution in [0.15, 0.2) is 24.3 Å². The van der Waals surface area contributed by atoms with Crippen LogP contribution in [0.2, 0.25) is 10.0 Å². The number of anilines is 4. The van der Waals surface area contributed by atoms with Gasteiger partial charge in [0.25, 0.3) is 5.91 Å². The molecule has 0 bridgehead atoms. The van der Waals surface area contributed by atoms with Gasteiger partial charge in [-0.2, -0.15) is 39.2 Å². The zero-order valence-electron chi connectivity index (χ0n) is 50.6. The van der Waals surface area contributed by atoms with Gasteiger partial charge in [-0.05, 0) is 94.0 Å². The summed E-state index contributed by atoms with van der Waals surface area (Å²) < 4.78 is 152. The quantitative estimate of drug-likeness (QED) is 0.0813. The topological polar surface area (TPSA) is 216 Å². The first-order valence-electron chi connectivity index (χ1n) is 31.5. The van der Waals surface area contributed by atoms with E-state index in [2.05, 4.69) is 38.4 Å². The van der Waals surface area contributed by atoms with Crippen molar-refractivity contribution in [1.29, 1.82) is 10.5 Å². The van der Waals surface area contributed by atoms with Crippen molar-refractivity contribution in [2.24, 2.45) is 5.92 Å². The largest absolute Gasteiger partial charge is 0.489 e. The van der Waals surface area contributed by atoms with Gasteiger partial charge in [0, 0.05) is 66.0 Å². The van der Waals surface area contributed by atoms with E-state index in [1.54, 1.807) is 4.90 Å². The van der Waals surface area contributed by atoms with Gasteiger partial charge in [-0.3, -0.25) is 14.6 Å². The highest BCUT2D eigenvalue weighted by Gasteiger charge is 2.56. The number of benzene rings is 4. The smallest absolute Gasteiger partial charge is 0.319 e. The number of alkyl halides is 4. The molecule has 6 atom stereocenters. The van der Waals surface area contributed by atoms with Crippen molar-refractivity contribution in [3.8, 4) is 57.9 Å². The molecular formula is C65H57Cl2F8N13O5S2. The highest BCUT2D eigenvalue weighted by atomic mass is 35.5. The summed E-state index contributed by atoms with van der Waals surface area (Å²) in [6, 6.07) is 7.45. The van der Waals surface area contributed by atoms with E-state index in [0.717, 1.165) is 60.6 Å². The van der Waals surface area contributed by atoms with Crippen LogP contribution in [-0.4, -0.2) is 149 Å². The Morgan fingerprint density at radius 2 is 1.37 bits per heavy atom. The van der Waals surface area contributed by atoms with Crippen LogP contribution in [-0.2, 0) is 4.79 Å². The minimum absolute atomic E-state index is 0.000747. The van der Waals surface area contributed by atoms with E-state index in [4.69, 9.17) is 62.8 Å². The van der Waals surface area contributed by atoms with Crippen molar-refractivity contribution in [2.75, 3.05) is 80.0 Å². The maximum Gasteiger partial charge on any atom is 0.319 e. The number of hydrogen-bond acceptors (Lipinski definition) is 19. The first-order chi connectivity index (χ1) is 45.8. The molecule has 6 aliphatic heterocycles.